The van der Waals surface area contributed by atoms with Crippen LogP contribution in [0, 0.1) is 15.9 Å². The lowest BCUT2D eigenvalue weighted by atomic mass is 10.1. The van der Waals surface area contributed by atoms with Crippen LogP contribution in [0.5, 0.6) is 0 Å². The average Bonchev–Trinajstić information content (AvgIpc) is 2.72. The molecule has 1 atom stereocenters. The highest BCUT2D eigenvalue weighted by Gasteiger charge is 2.21. The Labute approximate surface area is 172 Å². The first-order valence-electron chi connectivity index (χ1n) is 8.97. The number of hydrogen-bond acceptors (Lipinski definition) is 5. The zero-order chi connectivity index (χ0) is 21.2. The molecule has 154 valence electrons. The Balaban J connectivity index is 1.97. The maximum atomic E-state index is 12.9. The molecule has 2 amide bonds. The Morgan fingerprint density at radius 3 is 2.59 bits per heavy atom. The van der Waals surface area contributed by atoms with E-state index in [4.69, 9.17) is 0 Å². The van der Waals surface area contributed by atoms with Gasteiger partial charge in [-0.15, -0.1) is 0 Å². The summed E-state index contributed by atoms with van der Waals surface area (Å²) in [6, 6.07) is 10.6. The minimum absolute atomic E-state index is 0.118. The lowest BCUT2D eigenvalue weighted by Gasteiger charge is -2.18. The van der Waals surface area contributed by atoms with Gasteiger partial charge in [0.05, 0.1) is 4.92 Å². The molecule has 9 heteroatoms. The summed E-state index contributed by atoms with van der Waals surface area (Å²) in [5.41, 5.74) is 0.808. The van der Waals surface area contributed by atoms with E-state index in [1.807, 2.05) is 6.26 Å². The van der Waals surface area contributed by atoms with Gasteiger partial charge in [-0.3, -0.25) is 19.7 Å². The van der Waals surface area contributed by atoms with E-state index in [9.17, 15) is 24.1 Å². The molecule has 0 aliphatic carbocycles. The van der Waals surface area contributed by atoms with E-state index in [1.165, 1.54) is 36.4 Å². The largest absolute Gasteiger partial charge is 0.354 e. The quantitative estimate of drug-likeness (QED) is 0.455. The Morgan fingerprint density at radius 1 is 1.21 bits per heavy atom. The van der Waals surface area contributed by atoms with E-state index in [2.05, 4.69) is 10.6 Å². The van der Waals surface area contributed by atoms with Gasteiger partial charge < -0.3 is 10.6 Å². The van der Waals surface area contributed by atoms with Gasteiger partial charge in [0.15, 0.2) is 0 Å². The van der Waals surface area contributed by atoms with Crippen LogP contribution in [0.25, 0.3) is 0 Å². The van der Waals surface area contributed by atoms with E-state index in [0.29, 0.717) is 25.1 Å². The normalized spacial score (nSPS) is 11.5. The van der Waals surface area contributed by atoms with Gasteiger partial charge in [-0.2, -0.15) is 11.8 Å². The summed E-state index contributed by atoms with van der Waals surface area (Å²) in [6.45, 7) is 0.340. The molecule has 0 saturated heterocycles. The zero-order valence-corrected chi connectivity index (χ0v) is 16.7. The molecule has 0 heterocycles. The fourth-order valence-electron chi connectivity index (χ4n) is 2.61. The SMILES string of the molecule is CSCC[C@H](NC(=O)c1cccc([N+](=O)[O-])c1)C(=O)NCCc1ccc(F)cc1. The van der Waals surface area contributed by atoms with Crippen molar-refractivity contribution in [3.8, 4) is 0 Å². The number of rotatable bonds is 10. The molecule has 0 unspecified atom stereocenters. The summed E-state index contributed by atoms with van der Waals surface area (Å²) in [5.74, 6) is -0.544. The Kier molecular flexibility index (Phi) is 8.60. The maximum absolute atomic E-state index is 12.9. The highest BCUT2D eigenvalue weighted by molar-refractivity contribution is 7.98. The third-order valence-corrected chi connectivity index (χ3v) is 4.82. The molecule has 0 bridgehead atoms. The van der Waals surface area contributed by atoms with Gasteiger partial charge in [-0.1, -0.05) is 18.2 Å². The Bertz CT molecular complexity index is 861. The van der Waals surface area contributed by atoms with Gasteiger partial charge in [-0.05, 0) is 48.6 Å². The number of nitro groups is 1. The van der Waals surface area contributed by atoms with E-state index in [-0.39, 0.29) is 23.0 Å². The lowest BCUT2D eigenvalue weighted by Crippen LogP contribution is -2.47. The van der Waals surface area contributed by atoms with Crippen molar-refractivity contribution in [3.05, 3.63) is 75.6 Å². The van der Waals surface area contributed by atoms with Crippen molar-refractivity contribution >= 4 is 29.3 Å². The third kappa shape index (κ3) is 7.19. The zero-order valence-electron chi connectivity index (χ0n) is 15.9. The summed E-state index contributed by atoms with van der Waals surface area (Å²) in [5, 5.41) is 16.3. The fourth-order valence-corrected chi connectivity index (χ4v) is 3.08. The number of nitro benzene ring substituents is 1. The molecule has 0 aromatic heterocycles. The molecule has 2 N–H and O–H groups in total. The summed E-state index contributed by atoms with van der Waals surface area (Å²) >= 11 is 1.54. The molecule has 2 aromatic carbocycles. The van der Waals surface area contributed by atoms with Crippen molar-refractivity contribution in [1.82, 2.24) is 10.6 Å². The smallest absolute Gasteiger partial charge is 0.270 e. The first-order valence-corrected chi connectivity index (χ1v) is 10.4. The van der Waals surface area contributed by atoms with E-state index in [1.54, 1.807) is 23.9 Å². The fraction of sp³-hybridized carbons (Fsp3) is 0.300. The van der Waals surface area contributed by atoms with Crippen molar-refractivity contribution in [2.24, 2.45) is 0 Å². The summed E-state index contributed by atoms with van der Waals surface area (Å²) in [7, 11) is 0. The number of nitrogens with zero attached hydrogens (tertiary/aromatic N) is 1. The van der Waals surface area contributed by atoms with Gasteiger partial charge >= 0.3 is 0 Å². The first kappa shape index (κ1) is 22.4. The second-order valence-electron chi connectivity index (χ2n) is 6.28. The summed E-state index contributed by atoms with van der Waals surface area (Å²) < 4.78 is 12.9. The number of carbonyl (C=O) groups is 2. The Hall–Kier alpha value is -2.94. The van der Waals surface area contributed by atoms with Crippen LogP contribution in [0.2, 0.25) is 0 Å². The molecule has 2 rings (SSSR count). The number of nitrogens with one attached hydrogen (secondary N) is 2. The highest BCUT2D eigenvalue weighted by atomic mass is 32.2. The molecular weight excluding hydrogens is 397 g/mol. The Morgan fingerprint density at radius 2 is 1.93 bits per heavy atom. The minimum Gasteiger partial charge on any atom is -0.354 e. The predicted octanol–water partition coefficient (Wildman–Crippen LogP) is 2.94. The van der Waals surface area contributed by atoms with Crippen molar-refractivity contribution in [3.63, 3.8) is 0 Å². The van der Waals surface area contributed by atoms with Crippen LogP contribution in [0.15, 0.2) is 48.5 Å². The highest BCUT2D eigenvalue weighted by Crippen LogP contribution is 2.13. The number of thioether (sulfide) groups is 1. The number of benzene rings is 2. The number of non-ortho nitro benzene ring substituents is 1. The third-order valence-electron chi connectivity index (χ3n) is 4.18. The van der Waals surface area contributed by atoms with Gasteiger partial charge in [0.1, 0.15) is 11.9 Å². The van der Waals surface area contributed by atoms with Crippen LogP contribution in [0.3, 0.4) is 0 Å². The summed E-state index contributed by atoms with van der Waals surface area (Å²) in [6.07, 6.45) is 2.84. The van der Waals surface area contributed by atoms with Crippen LogP contribution < -0.4 is 10.6 Å². The standard InChI is InChI=1S/C20H22FN3O4S/c1-29-12-10-18(20(26)22-11-9-14-5-7-16(21)8-6-14)23-19(25)15-3-2-4-17(13-15)24(27)28/h2-8,13,18H,9-12H2,1H3,(H,22,26)(H,23,25)/t18-/m0/s1. The number of halogens is 1. The molecule has 0 spiro atoms. The van der Waals surface area contributed by atoms with Gasteiger partial charge in [-0.25, -0.2) is 4.39 Å². The van der Waals surface area contributed by atoms with Crippen LogP contribution >= 0.6 is 11.8 Å². The van der Waals surface area contributed by atoms with Crippen LogP contribution in [0.1, 0.15) is 22.3 Å². The number of carbonyl (C=O) groups excluding carboxylic acids is 2. The van der Waals surface area contributed by atoms with Gasteiger partial charge in [0.2, 0.25) is 5.91 Å². The molecule has 0 saturated carbocycles. The lowest BCUT2D eigenvalue weighted by molar-refractivity contribution is -0.384. The summed E-state index contributed by atoms with van der Waals surface area (Å²) in [4.78, 5) is 35.3. The van der Waals surface area contributed by atoms with Gasteiger partial charge in [0, 0.05) is 24.2 Å². The maximum Gasteiger partial charge on any atom is 0.270 e. The molecule has 29 heavy (non-hydrogen) atoms. The predicted molar refractivity (Wildman–Crippen MR) is 110 cm³/mol. The average molecular weight is 419 g/mol. The monoisotopic (exact) mass is 419 g/mol. The van der Waals surface area contributed by atoms with Crippen molar-refractivity contribution in [2.45, 2.75) is 18.9 Å². The topological polar surface area (TPSA) is 101 Å². The van der Waals surface area contributed by atoms with Crippen LogP contribution in [-0.2, 0) is 11.2 Å². The molecule has 0 fully saturated rings. The number of hydrogen-bond donors (Lipinski definition) is 2. The van der Waals surface area contributed by atoms with Gasteiger partial charge in [0.25, 0.3) is 11.6 Å². The molecule has 0 radical (unpaired) electrons. The van der Waals surface area contributed by atoms with E-state index < -0.39 is 16.9 Å². The number of amides is 2. The second kappa shape index (κ2) is 11.2. The van der Waals surface area contributed by atoms with Crippen molar-refractivity contribution in [2.75, 3.05) is 18.6 Å². The van der Waals surface area contributed by atoms with Crippen molar-refractivity contribution in [1.29, 1.82) is 0 Å². The van der Waals surface area contributed by atoms with E-state index in [0.717, 1.165) is 5.56 Å². The molecule has 7 nitrogen and oxygen atoms in total. The van der Waals surface area contributed by atoms with Crippen LogP contribution in [0.4, 0.5) is 10.1 Å². The molecule has 0 aliphatic rings. The van der Waals surface area contributed by atoms with Crippen LogP contribution in [-0.4, -0.2) is 41.3 Å². The molecule has 2 aromatic rings. The van der Waals surface area contributed by atoms with E-state index >= 15 is 0 Å². The second-order valence-corrected chi connectivity index (χ2v) is 7.27. The minimum atomic E-state index is -0.762. The molecular formula is C20H22FN3O4S. The first-order chi connectivity index (χ1) is 13.9. The van der Waals surface area contributed by atoms with Crippen molar-refractivity contribution < 1.29 is 18.9 Å². The molecule has 0 aliphatic heterocycles.